The molecule has 1 aromatic rings. The van der Waals surface area contributed by atoms with Gasteiger partial charge < -0.3 is 0 Å². The quantitative estimate of drug-likeness (QED) is 0.857. The van der Waals surface area contributed by atoms with Crippen LogP contribution >= 0.6 is 0 Å². The Morgan fingerprint density at radius 3 is 2.72 bits per heavy atom. The fraction of sp³-hybridized carbons (Fsp3) is 0.684. The third kappa shape index (κ3) is 4.08. The van der Waals surface area contributed by atoms with Crippen molar-refractivity contribution in [3.8, 4) is 0 Å². The molecule has 1 aromatic carbocycles. The van der Waals surface area contributed by atoms with E-state index in [2.05, 4.69) is 38.8 Å². The molecular formula is C19H29N3O2S. The van der Waals surface area contributed by atoms with Crippen molar-refractivity contribution in [1.82, 2.24) is 14.5 Å². The fourth-order valence-electron chi connectivity index (χ4n) is 4.96. The van der Waals surface area contributed by atoms with Gasteiger partial charge in [-0.15, -0.1) is 0 Å². The number of sulfonamides is 1. The van der Waals surface area contributed by atoms with E-state index < -0.39 is 10.0 Å². The van der Waals surface area contributed by atoms with Crippen molar-refractivity contribution in [2.45, 2.75) is 31.8 Å². The third-order valence-electron chi connectivity index (χ3n) is 6.30. The van der Waals surface area contributed by atoms with Crippen molar-refractivity contribution in [3.63, 3.8) is 0 Å². The molecule has 5 nitrogen and oxygen atoms in total. The van der Waals surface area contributed by atoms with Crippen LogP contribution in [0.2, 0.25) is 0 Å². The van der Waals surface area contributed by atoms with Gasteiger partial charge in [0.05, 0.1) is 6.26 Å². The highest BCUT2D eigenvalue weighted by molar-refractivity contribution is 7.88. The van der Waals surface area contributed by atoms with Gasteiger partial charge in [-0.2, -0.15) is 0 Å². The molecule has 0 aromatic heterocycles. The normalized spacial score (nSPS) is 32.5. The van der Waals surface area contributed by atoms with Crippen LogP contribution in [-0.2, 0) is 23.0 Å². The number of fused-ring (bicyclic) bond motifs is 4. The van der Waals surface area contributed by atoms with Gasteiger partial charge in [-0.1, -0.05) is 24.3 Å². The largest absolute Gasteiger partial charge is 0.299 e. The molecule has 25 heavy (non-hydrogen) atoms. The molecule has 0 saturated carbocycles. The molecule has 0 amide bonds. The molecule has 138 valence electrons. The van der Waals surface area contributed by atoms with Gasteiger partial charge in [0.25, 0.3) is 0 Å². The summed E-state index contributed by atoms with van der Waals surface area (Å²) in [5, 5.41) is 0. The zero-order valence-corrected chi connectivity index (χ0v) is 15.8. The highest BCUT2D eigenvalue weighted by Gasteiger charge is 2.40. The lowest BCUT2D eigenvalue weighted by molar-refractivity contribution is -0.0118. The van der Waals surface area contributed by atoms with E-state index in [4.69, 9.17) is 0 Å². The monoisotopic (exact) mass is 363 g/mol. The minimum atomic E-state index is -3.09. The third-order valence-corrected chi connectivity index (χ3v) is 6.99. The highest BCUT2D eigenvalue weighted by Crippen LogP contribution is 2.37. The average molecular weight is 364 g/mol. The van der Waals surface area contributed by atoms with E-state index in [0.717, 1.165) is 44.3 Å². The second-order valence-corrected chi connectivity index (χ2v) is 9.90. The number of hydrogen-bond acceptors (Lipinski definition) is 4. The summed E-state index contributed by atoms with van der Waals surface area (Å²) in [5.74, 6) is 1.47. The number of hydrogen-bond donors (Lipinski definition) is 1. The zero-order chi connectivity index (χ0) is 17.4. The second kappa shape index (κ2) is 6.99. The second-order valence-electron chi connectivity index (χ2n) is 8.07. The zero-order valence-electron chi connectivity index (χ0n) is 15.0. The van der Waals surface area contributed by atoms with Crippen LogP contribution in [0.4, 0.5) is 0 Å². The lowest BCUT2D eigenvalue weighted by atomic mass is 9.75. The summed E-state index contributed by atoms with van der Waals surface area (Å²) in [7, 11) is -3.09. The minimum Gasteiger partial charge on any atom is -0.299 e. The molecule has 0 spiro atoms. The molecule has 6 heteroatoms. The Balaban J connectivity index is 1.34. The Morgan fingerprint density at radius 1 is 1.20 bits per heavy atom. The predicted octanol–water partition coefficient (Wildman–Crippen LogP) is 1.30. The molecule has 0 aliphatic carbocycles. The smallest absolute Gasteiger partial charge is 0.208 e. The maximum absolute atomic E-state index is 11.4. The molecule has 4 aliphatic rings. The van der Waals surface area contributed by atoms with Gasteiger partial charge in [-0.05, 0) is 48.8 Å². The summed E-state index contributed by atoms with van der Waals surface area (Å²) in [6.07, 6.45) is 4.82. The topological polar surface area (TPSA) is 52.7 Å². The van der Waals surface area contributed by atoms with Crippen molar-refractivity contribution < 1.29 is 8.42 Å². The summed E-state index contributed by atoms with van der Waals surface area (Å²) in [6.45, 7) is 6.25. The predicted molar refractivity (Wildman–Crippen MR) is 99.8 cm³/mol. The van der Waals surface area contributed by atoms with E-state index in [1.54, 1.807) is 0 Å². The van der Waals surface area contributed by atoms with Crippen molar-refractivity contribution in [1.29, 1.82) is 0 Å². The van der Waals surface area contributed by atoms with Crippen LogP contribution in [0.3, 0.4) is 0 Å². The van der Waals surface area contributed by atoms with Crippen molar-refractivity contribution in [2.75, 3.05) is 39.0 Å². The number of piperidine rings is 3. The van der Waals surface area contributed by atoms with Crippen LogP contribution in [0.1, 0.15) is 24.0 Å². The van der Waals surface area contributed by atoms with Gasteiger partial charge in [0, 0.05) is 38.8 Å². The van der Waals surface area contributed by atoms with Crippen LogP contribution < -0.4 is 4.72 Å². The van der Waals surface area contributed by atoms with E-state index >= 15 is 0 Å². The lowest BCUT2D eigenvalue weighted by Gasteiger charge is -2.51. The summed E-state index contributed by atoms with van der Waals surface area (Å²) in [5.41, 5.74) is 3.00. The minimum absolute atomic E-state index is 0.381. The number of benzene rings is 1. The molecule has 4 atom stereocenters. The van der Waals surface area contributed by atoms with Crippen molar-refractivity contribution in [2.24, 2.45) is 11.8 Å². The van der Waals surface area contributed by atoms with Crippen LogP contribution in [0.5, 0.6) is 0 Å². The summed E-state index contributed by atoms with van der Waals surface area (Å²) in [4.78, 5) is 5.14. The van der Waals surface area contributed by atoms with Gasteiger partial charge in [0.1, 0.15) is 0 Å². The molecular weight excluding hydrogens is 334 g/mol. The maximum atomic E-state index is 11.4. The molecule has 3 saturated heterocycles. The first-order valence-electron chi connectivity index (χ1n) is 9.46. The molecule has 0 radical (unpaired) electrons. The maximum Gasteiger partial charge on any atom is 0.208 e. The standard InChI is InChI=1S/C19H29N3O2S/c1-25(23,24)20-11-19-10-16-7-9-22(19)14-18(16)13-21-8-6-15-4-2-3-5-17(15)12-21/h2-5,16,18-20H,6-14H2,1H3/t16-,18+,19+/m1/s1. The first-order valence-corrected chi connectivity index (χ1v) is 11.3. The Labute approximate surface area is 151 Å². The van der Waals surface area contributed by atoms with Crippen molar-refractivity contribution in [3.05, 3.63) is 35.4 Å². The van der Waals surface area contributed by atoms with Crippen LogP contribution in [0.15, 0.2) is 24.3 Å². The van der Waals surface area contributed by atoms with E-state index in [1.807, 2.05) is 0 Å². The van der Waals surface area contributed by atoms with Crippen LogP contribution in [-0.4, -0.2) is 63.2 Å². The van der Waals surface area contributed by atoms with Gasteiger partial charge in [-0.25, -0.2) is 13.1 Å². The van der Waals surface area contributed by atoms with Crippen LogP contribution in [0, 0.1) is 11.8 Å². The Bertz CT molecular complexity index is 721. The van der Waals surface area contributed by atoms with E-state index in [1.165, 1.54) is 36.9 Å². The summed E-state index contributed by atoms with van der Waals surface area (Å²) in [6, 6.07) is 9.21. The van der Waals surface area contributed by atoms with Crippen molar-refractivity contribution >= 4 is 10.0 Å². The van der Waals surface area contributed by atoms with Gasteiger partial charge in [-0.3, -0.25) is 9.80 Å². The molecule has 4 heterocycles. The Hall–Kier alpha value is -0.950. The summed E-state index contributed by atoms with van der Waals surface area (Å²) < 4.78 is 25.4. The molecule has 1 unspecified atom stereocenters. The van der Waals surface area contributed by atoms with Crippen LogP contribution in [0.25, 0.3) is 0 Å². The molecule has 3 fully saturated rings. The van der Waals surface area contributed by atoms with E-state index in [-0.39, 0.29) is 0 Å². The number of nitrogens with zero attached hydrogens (tertiary/aromatic N) is 2. The Morgan fingerprint density at radius 2 is 2.00 bits per heavy atom. The fourth-order valence-corrected chi connectivity index (χ4v) is 5.45. The first kappa shape index (κ1) is 17.5. The average Bonchev–Trinajstić information content (AvgIpc) is 2.60. The Kier molecular flexibility index (Phi) is 4.88. The first-order chi connectivity index (χ1) is 12.0. The van der Waals surface area contributed by atoms with E-state index in [9.17, 15) is 8.42 Å². The number of nitrogens with one attached hydrogen (secondary N) is 1. The number of rotatable bonds is 5. The molecule has 5 rings (SSSR count). The highest BCUT2D eigenvalue weighted by atomic mass is 32.2. The lowest BCUT2D eigenvalue weighted by Crippen LogP contribution is -2.58. The summed E-state index contributed by atoms with van der Waals surface area (Å²) >= 11 is 0. The van der Waals surface area contributed by atoms with Gasteiger partial charge in [0.15, 0.2) is 0 Å². The SMILES string of the molecule is CS(=O)(=O)NC[C@@H]1C[C@H]2CCN1C[C@@H]2CN1CCc2ccccc2C1. The molecule has 1 N–H and O–H groups in total. The van der Waals surface area contributed by atoms with Gasteiger partial charge in [0.2, 0.25) is 10.0 Å². The van der Waals surface area contributed by atoms with E-state index in [0.29, 0.717) is 12.6 Å². The molecule has 4 aliphatic heterocycles. The van der Waals surface area contributed by atoms with Gasteiger partial charge >= 0.3 is 0 Å². The molecule has 2 bridgehead atoms.